The smallest absolute Gasteiger partial charge is 0.228 e. The monoisotopic (exact) mass is 576 g/mol. The van der Waals surface area contributed by atoms with Crippen LogP contribution < -0.4 is 5.32 Å². The van der Waals surface area contributed by atoms with E-state index in [1.807, 2.05) is 36.4 Å². The third kappa shape index (κ3) is 6.81. The molecule has 0 saturated carbocycles. The zero-order chi connectivity index (χ0) is 29.5. The van der Waals surface area contributed by atoms with E-state index in [9.17, 15) is 5.21 Å². The lowest BCUT2D eigenvalue weighted by atomic mass is 9.93. The zero-order valence-corrected chi connectivity index (χ0v) is 25.2. The molecule has 6 heteroatoms. The number of nitrogens with zero attached hydrogens (tertiary/aromatic N) is 3. The van der Waals surface area contributed by atoms with Crippen LogP contribution in [0.3, 0.4) is 0 Å². The standard InChI is InChI=1S/C20H23N.C16H14ClN3O/c1-21(2)15-7-12-20-18-10-5-3-8-16(18)13-14-17-9-4-6-11-19(17)20;1-18-15-10-20(21)16(11-5-3-2-4-6-11)13-9-12(17)7-8-14(13)19-15/h3-6,8-12H,7,13-15H2,1-2H3;2-9H,10H2,1H3,(H,18,19). The van der Waals surface area contributed by atoms with Crippen molar-refractivity contribution in [3.8, 4) is 0 Å². The average Bonchev–Trinajstić information content (AvgIpc) is 3.25. The second-order valence-electron chi connectivity index (χ2n) is 10.7. The number of hydrogen-bond donors (Lipinski definition) is 1. The first kappa shape index (κ1) is 29.3. The SMILES string of the molecule is CN(C)CCC=C1c2ccccc2CCc2ccccc21.CNC1=Nc2ccc(Cl)cc2C(c2ccccc2)=[N+]([O-])C1. The zero-order valence-electron chi connectivity index (χ0n) is 24.5. The maximum atomic E-state index is 12.6. The third-order valence-electron chi connectivity index (χ3n) is 7.55. The normalized spacial score (nSPS) is 13.9. The summed E-state index contributed by atoms with van der Waals surface area (Å²) in [5.74, 6) is 0.625. The van der Waals surface area contributed by atoms with Crippen molar-refractivity contribution in [1.29, 1.82) is 0 Å². The van der Waals surface area contributed by atoms with Gasteiger partial charge in [0.15, 0.2) is 5.84 Å². The van der Waals surface area contributed by atoms with Crippen molar-refractivity contribution < 1.29 is 4.74 Å². The lowest BCUT2D eigenvalue weighted by Crippen LogP contribution is -2.29. The van der Waals surface area contributed by atoms with Gasteiger partial charge in [0, 0.05) is 24.2 Å². The summed E-state index contributed by atoms with van der Waals surface area (Å²) in [5, 5.41) is 16.1. The van der Waals surface area contributed by atoms with Crippen molar-refractivity contribution in [2.45, 2.75) is 19.3 Å². The molecule has 0 aromatic heterocycles. The maximum absolute atomic E-state index is 12.6. The van der Waals surface area contributed by atoms with Crippen LogP contribution in [0.15, 0.2) is 108 Å². The summed E-state index contributed by atoms with van der Waals surface area (Å²) >= 11 is 6.10. The van der Waals surface area contributed by atoms with Gasteiger partial charge >= 0.3 is 0 Å². The van der Waals surface area contributed by atoms with Gasteiger partial charge in [0.05, 0.1) is 11.3 Å². The number of nitrogens with one attached hydrogen (secondary N) is 1. The Morgan fingerprint density at radius 3 is 2.10 bits per heavy atom. The highest BCUT2D eigenvalue weighted by molar-refractivity contribution is 6.31. The topological polar surface area (TPSA) is 53.7 Å². The molecular formula is C36H37ClN4O. The minimum atomic E-state index is 0.174. The predicted molar refractivity (Wildman–Crippen MR) is 176 cm³/mol. The Labute approximate surface area is 254 Å². The lowest BCUT2D eigenvalue weighted by Gasteiger charge is -2.13. The summed E-state index contributed by atoms with van der Waals surface area (Å²) in [6.45, 7) is 1.26. The maximum Gasteiger partial charge on any atom is 0.228 e. The Balaban J connectivity index is 0.000000168. The Hall–Kier alpha value is -4.19. The van der Waals surface area contributed by atoms with Crippen molar-refractivity contribution in [2.24, 2.45) is 4.99 Å². The summed E-state index contributed by atoms with van der Waals surface area (Å²) in [6.07, 6.45) is 5.78. The molecule has 1 heterocycles. The summed E-state index contributed by atoms with van der Waals surface area (Å²) in [5.41, 5.74) is 10.1. The molecule has 0 radical (unpaired) electrons. The van der Waals surface area contributed by atoms with Crippen LogP contribution >= 0.6 is 11.6 Å². The number of aliphatic imine (C=N–C) groups is 1. The fraction of sp³-hybridized carbons (Fsp3) is 0.222. The molecule has 4 aromatic carbocycles. The third-order valence-corrected chi connectivity index (χ3v) is 7.79. The van der Waals surface area contributed by atoms with Crippen molar-refractivity contribution in [1.82, 2.24) is 10.2 Å². The van der Waals surface area contributed by atoms with Crippen molar-refractivity contribution in [3.05, 3.63) is 147 Å². The molecule has 0 unspecified atom stereocenters. The number of hydrogen-bond acceptors (Lipinski definition) is 4. The minimum absolute atomic E-state index is 0.174. The van der Waals surface area contributed by atoms with Crippen molar-refractivity contribution >= 4 is 34.4 Å². The van der Waals surface area contributed by atoms with E-state index in [1.165, 1.54) is 27.8 Å². The predicted octanol–water partition coefficient (Wildman–Crippen LogP) is 7.12. The van der Waals surface area contributed by atoms with E-state index < -0.39 is 0 Å². The van der Waals surface area contributed by atoms with Gasteiger partial charge in [-0.2, -0.15) is 4.74 Å². The minimum Gasteiger partial charge on any atom is -0.623 e. The molecule has 0 fully saturated rings. The molecule has 0 atom stereocenters. The molecule has 0 saturated heterocycles. The van der Waals surface area contributed by atoms with Gasteiger partial charge in [-0.05, 0) is 91.5 Å². The largest absolute Gasteiger partial charge is 0.623 e. The van der Waals surface area contributed by atoms with Crippen molar-refractivity contribution in [3.63, 3.8) is 0 Å². The molecule has 2 aliphatic rings. The van der Waals surface area contributed by atoms with E-state index in [4.69, 9.17) is 11.6 Å². The second-order valence-corrected chi connectivity index (χ2v) is 11.2. The molecular weight excluding hydrogens is 540 g/mol. The first-order valence-corrected chi connectivity index (χ1v) is 14.8. The fourth-order valence-corrected chi connectivity index (χ4v) is 5.63. The number of rotatable bonds is 4. The van der Waals surface area contributed by atoms with Gasteiger partial charge in [-0.15, -0.1) is 0 Å². The molecule has 1 aliphatic carbocycles. The van der Waals surface area contributed by atoms with Crippen LogP contribution in [0.2, 0.25) is 5.02 Å². The summed E-state index contributed by atoms with van der Waals surface area (Å²) in [4.78, 5) is 6.75. The average molecular weight is 577 g/mol. The van der Waals surface area contributed by atoms with Crippen LogP contribution in [-0.2, 0) is 12.8 Å². The van der Waals surface area contributed by atoms with Crippen LogP contribution in [0, 0.1) is 5.21 Å². The van der Waals surface area contributed by atoms with E-state index in [0.717, 1.165) is 47.4 Å². The van der Waals surface area contributed by atoms with Gasteiger partial charge in [0.2, 0.25) is 12.3 Å². The first-order valence-electron chi connectivity index (χ1n) is 14.4. The van der Waals surface area contributed by atoms with Gasteiger partial charge in [-0.3, -0.25) is 0 Å². The molecule has 5 nitrogen and oxygen atoms in total. The highest BCUT2D eigenvalue weighted by atomic mass is 35.5. The van der Waals surface area contributed by atoms with Crippen LogP contribution in [-0.4, -0.2) is 55.4 Å². The van der Waals surface area contributed by atoms with Crippen LogP contribution in [0.25, 0.3) is 5.57 Å². The van der Waals surface area contributed by atoms with Gasteiger partial charge in [0.1, 0.15) is 0 Å². The number of amidine groups is 1. The van der Waals surface area contributed by atoms with E-state index in [-0.39, 0.29) is 6.54 Å². The first-order chi connectivity index (χ1) is 20.4. The molecule has 0 spiro atoms. The number of halogens is 1. The van der Waals surface area contributed by atoms with E-state index >= 15 is 0 Å². The van der Waals surface area contributed by atoms with E-state index in [1.54, 1.807) is 19.2 Å². The molecule has 4 aromatic rings. The highest BCUT2D eigenvalue weighted by Gasteiger charge is 2.24. The van der Waals surface area contributed by atoms with E-state index in [0.29, 0.717) is 16.6 Å². The molecule has 6 rings (SSSR count). The van der Waals surface area contributed by atoms with Gasteiger partial charge in [-0.25, -0.2) is 4.99 Å². The molecule has 1 N–H and O–H groups in total. The van der Waals surface area contributed by atoms with E-state index in [2.05, 4.69) is 83.9 Å². The Morgan fingerprint density at radius 2 is 1.48 bits per heavy atom. The fourth-order valence-electron chi connectivity index (χ4n) is 5.46. The quantitative estimate of drug-likeness (QED) is 0.208. The number of fused-ring (bicyclic) bond motifs is 3. The number of aryl methyl sites for hydroxylation is 2. The lowest BCUT2D eigenvalue weighted by molar-refractivity contribution is -0.439. The summed E-state index contributed by atoms with van der Waals surface area (Å²) in [7, 11) is 6.02. The van der Waals surface area contributed by atoms with Crippen LogP contribution in [0.5, 0.6) is 0 Å². The number of likely N-dealkylation sites (N-methyl/N-ethyl adjacent to an activating group) is 1. The van der Waals surface area contributed by atoms with Crippen molar-refractivity contribution in [2.75, 3.05) is 34.2 Å². The number of benzene rings is 4. The molecule has 1 aliphatic heterocycles. The summed E-state index contributed by atoms with van der Waals surface area (Å²) < 4.78 is 0.951. The van der Waals surface area contributed by atoms with Gasteiger partial charge < -0.3 is 15.4 Å². The Morgan fingerprint density at radius 1 is 0.857 bits per heavy atom. The highest BCUT2D eigenvalue weighted by Crippen LogP contribution is 2.33. The molecule has 42 heavy (non-hydrogen) atoms. The number of hydroxylamine groups is 1. The molecule has 214 valence electrons. The van der Waals surface area contributed by atoms with Gasteiger partial charge in [0.25, 0.3) is 0 Å². The Bertz CT molecular complexity index is 1590. The molecule has 0 amide bonds. The Kier molecular flexibility index (Phi) is 9.52. The second kappa shape index (κ2) is 13.6. The van der Waals surface area contributed by atoms with Gasteiger partial charge in [-0.1, -0.05) is 84.4 Å². The van der Waals surface area contributed by atoms with Crippen LogP contribution in [0.1, 0.15) is 39.8 Å². The summed E-state index contributed by atoms with van der Waals surface area (Å²) in [6, 6.07) is 32.7. The molecule has 0 bridgehead atoms. The van der Waals surface area contributed by atoms with Crippen LogP contribution in [0.4, 0.5) is 5.69 Å².